The number of sulfonamides is 1. The lowest BCUT2D eigenvalue weighted by Crippen LogP contribution is -2.43. The third kappa shape index (κ3) is 3.91. The molecule has 1 rings (SSSR count). The second-order valence-corrected chi connectivity index (χ2v) is 5.27. The number of nitrogens with one attached hydrogen (secondary N) is 1. The van der Waals surface area contributed by atoms with E-state index in [1.54, 1.807) is 0 Å². The van der Waals surface area contributed by atoms with Gasteiger partial charge in [0, 0.05) is 0 Å². The molecule has 0 saturated heterocycles. The third-order valence-corrected chi connectivity index (χ3v) is 3.82. The summed E-state index contributed by atoms with van der Waals surface area (Å²) in [4.78, 5) is 11.2. The summed E-state index contributed by atoms with van der Waals surface area (Å²) in [5.41, 5.74) is 0. The molecule has 106 valence electrons. The highest BCUT2D eigenvalue weighted by atomic mass is 32.2. The van der Waals surface area contributed by atoms with Gasteiger partial charge in [-0.2, -0.15) is 4.72 Å². The van der Waals surface area contributed by atoms with Crippen LogP contribution in [0.5, 0.6) is 5.75 Å². The molecule has 2 N–H and O–H groups in total. The van der Waals surface area contributed by atoms with Crippen LogP contribution in [0, 0.1) is 0 Å². The zero-order chi connectivity index (χ0) is 14.5. The van der Waals surface area contributed by atoms with Crippen LogP contribution in [0.15, 0.2) is 29.2 Å². The fraction of sp³-hybridized carbons (Fsp3) is 0.364. The van der Waals surface area contributed by atoms with Crippen LogP contribution in [0.4, 0.5) is 0 Å². The first-order valence-electron chi connectivity index (χ1n) is 5.29. The number of aliphatic hydroxyl groups excluding tert-OH is 1. The van der Waals surface area contributed by atoms with Crippen molar-refractivity contribution in [3.05, 3.63) is 24.3 Å². The van der Waals surface area contributed by atoms with Crippen LogP contribution in [-0.2, 0) is 19.6 Å². The number of carbonyl (C=O) groups excluding carboxylic acids is 1. The maximum Gasteiger partial charge on any atom is 0.326 e. The van der Waals surface area contributed by atoms with Gasteiger partial charge in [0.2, 0.25) is 10.0 Å². The van der Waals surface area contributed by atoms with Crippen molar-refractivity contribution in [2.24, 2.45) is 0 Å². The van der Waals surface area contributed by atoms with E-state index in [1.807, 2.05) is 0 Å². The predicted octanol–water partition coefficient (Wildman–Crippen LogP) is -0.493. The second-order valence-electron chi connectivity index (χ2n) is 3.56. The summed E-state index contributed by atoms with van der Waals surface area (Å²) in [5, 5.41) is 8.97. The van der Waals surface area contributed by atoms with Crippen LogP contribution in [0.3, 0.4) is 0 Å². The average Bonchev–Trinajstić information content (AvgIpc) is 2.44. The van der Waals surface area contributed by atoms with Crippen molar-refractivity contribution in [2.75, 3.05) is 20.8 Å². The largest absolute Gasteiger partial charge is 0.497 e. The summed E-state index contributed by atoms with van der Waals surface area (Å²) in [7, 11) is -1.36. The van der Waals surface area contributed by atoms with Crippen molar-refractivity contribution >= 4 is 16.0 Å². The normalized spacial score (nSPS) is 12.8. The number of methoxy groups -OCH3 is 2. The van der Waals surface area contributed by atoms with Crippen LogP contribution in [0.1, 0.15) is 0 Å². The summed E-state index contributed by atoms with van der Waals surface area (Å²) < 4.78 is 35.2. The smallest absolute Gasteiger partial charge is 0.326 e. The van der Waals surface area contributed by atoms with Crippen molar-refractivity contribution in [2.45, 2.75) is 10.9 Å². The van der Waals surface area contributed by atoms with E-state index in [4.69, 9.17) is 9.84 Å². The number of benzene rings is 1. The van der Waals surface area contributed by atoms with E-state index in [0.29, 0.717) is 5.75 Å². The van der Waals surface area contributed by atoms with Crippen LogP contribution in [0.2, 0.25) is 0 Å². The van der Waals surface area contributed by atoms with E-state index >= 15 is 0 Å². The molecule has 1 atom stereocenters. The quantitative estimate of drug-likeness (QED) is 0.685. The lowest BCUT2D eigenvalue weighted by atomic mass is 10.3. The van der Waals surface area contributed by atoms with Gasteiger partial charge in [-0.05, 0) is 24.3 Å². The van der Waals surface area contributed by atoms with E-state index in [9.17, 15) is 13.2 Å². The van der Waals surface area contributed by atoms with Crippen LogP contribution in [0.25, 0.3) is 0 Å². The van der Waals surface area contributed by atoms with E-state index in [2.05, 4.69) is 9.46 Å². The van der Waals surface area contributed by atoms with Gasteiger partial charge < -0.3 is 14.6 Å². The SMILES string of the molecule is COC(=O)[C@@H](CO)NS(=O)(=O)c1ccc(OC)cc1. The van der Waals surface area contributed by atoms with Crippen molar-refractivity contribution in [1.29, 1.82) is 0 Å². The monoisotopic (exact) mass is 289 g/mol. The van der Waals surface area contributed by atoms with Gasteiger partial charge in [0.05, 0.1) is 25.7 Å². The molecule has 0 amide bonds. The van der Waals surface area contributed by atoms with Crippen LogP contribution in [-0.4, -0.2) is 46.4 Å². The van der Waals surface area contributed by atoms with Crippen LogP contribution < -0.4 is 9.46 Å². The Hall–Kier alpha value is -1.64. The van der Waals surface area contributed by atoms with Gasteiger partial charge in [0.1, 0.15) is 11.8 Å². The van der Waals surface area contributed by atoms with Gasteiger partial charge in [-0.1, -0.05) is 0 Å². The van der Waals surface area contributed by atoms with Gasteiger partial charge >= 0.3 is 5.97 Å². The lowest BCUT2D eigenvalue weighted by molar-refractivity contribution is -0.143. The molecule has 7 nitrogen and oxygen atoms in total. The van der Waals surface area contributed by atoms with Gasteiger partial charge in [-0.15, -0.1) is 0 Å². The van der Waals surface area contributed by atoms with Crippen molar-refractivity contribution in [3.8, 4) is 5.75 Å². The number of hydrogen-bond donors (Lipinski definition) is 2. The maximum atomic E-state index is 12.0. The maximum absolute atomic E-state index is 12.0. The molecule has 0 unspecified atom stereocenters. The molecule has 0 radical (unpaired) electrons. The Morgan fingerprint density at radius 1 is 1.32 bits per heavy atom. The molecule has 0 aliphatic carbocycles. The summed E-state index contributed by atoms with van der Waals surface area (Å²) in [6.45, 7) is -0.692. The fourth-order valence-corrected chi connectivity index (χ4v) is 2.49. The first kappa shape index (κ1) is 15.4. The summed E-state index contributed by atoms with van der Waals surface area (Å²) in [6, 6.07) is 4.26. The minimum Gasteiger partial charge on any atom is -0.497 e. The topological polar surface area (TPSA) is 102 Å². The minimum atomic E-state index is -3.92. The average molecular weight is 289 g/mol. The van der Waals surface area contributed by atoms with Crippen molar-refractivity contribution in [1.82, 2.24) is 4.72 Å². The number of ether oxygens (including phenoxy) is 2. The van der Waals surface area contributed by atoms with E-state index in [0.717, 1.165) is 7.11 Å². The molecular weight excluding hydrogens is 274 g/mol. The molecule has 0 saturated carbocycles. The van der Waals surface area contributed by atoms with E-state index in [-0.39, 0.29) is 4.90 Å². The number of rotatable bonds is 6. The molecule has 0 aliphatic heterocycles. The Morgan fingerprint density at radius 2 is 1.89 bits per heavy atom. The molecule has 0 aromatic heterocycles. The third-order valence-electron chi connectivity index (χ3n) is 2.34. The minimum absolute atomic E-state index is 0.0457. The molecule has 19 heavy (non-hydrogen) atoms. The Labute approximate surface area is 111 Å². The molecule has 1 aromatic rings. The second kappa shape index (κ2) is 6.50. The Balaban J connectivity index is 2.93. The Bertz CT molecular complexity index is 525. The Morgan fingerprint density at radius 3 is 2.32 bits per heavy atom. The van der Waals surface area contributed by atoms with Gasteiger partial charge in [0.15, 0.2) is 0 Å². The molecule has 8 heteroatoms. The highest BCUT2D eigenvalue weighted by Gasteiger charge is 2.25. The molecule has 0 spiro atoms. The van der Waals surface area contributed by atoms with E-state index < -0.39 is 28.6 Å². The summed E-state index contributed by atoms with van der Waals surface area (Å²) >= 11 is 0. The zero-order valence-corrected chi connectivity index (χ0v) is 11.3. The number of hydrogen-bond acceptors (Lipinski definition) is 6. The first-order valence-corrected chi connectivity index (χ1v) is 6.78. The summed E-state index contributed by atoms with van der Waals surface area (Å²) in [5.74, 6) is -0.356. The molecule has 0 heterocycles. The zero-order valence-electron chi connectivity index (χ0n) is 10.5. The molecule has 0 aliphatic rings. The molecule has 0 bridgehead atoms. The van der Waals surface area contributed by atoms with Crippen molar-refractivity contribution in [3.63, 3.8) is 0 Å². The first-order chi connectivity index (χ1) is 8.94. The fourth-order valence-electron chi connectivity index (χ4n) is 1.31. The highest BCUT2D eigenvalue weighted by Crippen LogP contribution is 2.15. The highest BCUT2D eigenvalue weighted by molar-refractivity contribution is 7.89. The van der Waals surface area contributed by atoms with E-state index in [1.165, 1.54) is 31.4 Å². The predicted molar refractivity (Wildman–Crippen MR) is 66.2 cm³/mol. The number of aliphatic hydroxyl groups is 1. The Kier molecular flexibility index (Phi) is 5.28. The van der Waals surface area contributed by atoms with Crippen LogP contribution >= 0.6 is 0 Å². The van der Waals surface area contributed by atoms with Gasteiger partial charge in [-0.25, -0.2) is 8.42 Å². The standard InChI is InChI=1S/C11H15NO6S/c1-17-8-3-5-9(6-4-8)19(15,16)12-10(7-13)11(14)18-2/h3-6,10,12-13H,7H2,1-2H3/t10-/m1/s1. The van der Waals surface area contributed by atoms with Gasteiger partial charge in [-0.3, -0.25) is 4.79 Å². The van der Waals surface area contributed by atoms with Crippen molar-refractivity contribution < 1.29 is 27.8 Å². The lowest BCUT2D eigenvalue weighted by Gasteiger charge is -2.14. The molecule has 0 fully saturated rings. The molecular formula is C11H15NO6S. The number of esters is 1. The van der Waals surface area contributed by atoms with Gasteiger partial charge in [0.25, 0.3) is 0 Å². The summed E-state index contributed by atoms with van der Waals surface area (Å²) in [6.07, 6.45) is 0. The number of carbonyl (C=O) groups is 1. The molecule has 1 aromatic carbocycles.